The van der Waals surface area contributed by atoms with E-state index < -0.39 is 11.9 Å². The van der Waals surface area contributed by atoms with Crippen LogP contribution in [0.5, 0.6) is 28.7 Å². The number of ether oxygens (including phenoxy) is 5. The molecule has 0 radical (unpaired) electrons. The number of amides is 2. The van der Waals surface area contributed by atoms with E-state index in [9.17, 15) is 9.59 Å². The van der Waals surface area contributed by atoms with Crippen LogP contribution in [0.15, 0.2) is 84.9 Å². The van der Waals surface area contributed by atoms with Crippen molar-refractivity contribution in [1.29, 1.82) is 0 Å². The molecule has 222 valence electrons. The van der Waals surface area contributed by atoms with E-state index in [0.717, 1.165) is 5.56 Å². The summed E-state index contributed by atoms with van der Waals surface area (Å²) in [5.74, 6) is 2.05. The number of hydrogen-bond donors (Lipinski definition) is 1. The summed E-state index contributed by atoms with van der Waals surface area (Å²) >= 11 is 0. The van der Waals surface area contributed by atoms with Crippen LogP contribution in [0.3, 0.4) is 0 Å². The Balaban J connectivity index is 1.28. The normalized spacial score (nSPS) is 13.5. The van der Waals surface area contributed by atoms with Gasteiger partial charge in [-0.3, -0.25) is 9.59 Å². The number of carbonyl (C=O) groups is 2. The van der Waals surface area contributed by atoms with Crippen LogP contribution in [-0.2, 0) is 22.7 Å². The van der Waals surface area contributed by atoms with Gasteiger partial charge in [0.15, 0.2) is 23.0 Å². The number of carbonyl (C=O) groups excluding carboxylic acids is 2. The van der Waals surface area contributed by atoms with E-state index in [2.05, 4.69) is 15.6 Å². The molecular weight excluding hydrogens is 566 g/mol. The molecule has 0 aliphatic carbocycles. The summed E-state index contributed by atoms with van der Waals surface area (Å²) < 4.78 is 28.9. The highest BCUT2D eigenvalue weighted by Crippen LogP contribution is 2.38. The Morgan fingerprint density at radius 1 is 0.886 bits per heavy atom. The molecule has 2 aliphatic heterocycles. The van der Waals surface area contributed by atoms with E-state index in [4.69, 9.17) is 23.7 Å². The topological polar surface area (TPSA) is 126 Å². The second-order valence-corrected chi connectivity index (χ2v) is 10.2. The minimum atomic E-state index is -1.07. The number of rotatable bonds is 9. The molecule has 0 fully saturated rings. The number of anilines is 1. The van der Waals surface area contributed by atoms with Crippen LogP contribution in [0.4, 0.5) is 5.69 Å². The first-order valence-corrected chi connectivity index (χ1v) is 13.9. The van der Waals surface area contributed by atoms with Crippen molar-refractivity contribution >= 4 is 28.5 Å². The Morgan fingerprint density at radius 3 is 2.36 bits per heavy atom. The number of benzene rings is 4. The van der Waals surface area contributed by atoms with Crippen LogP contribution in [0.2, 0.25) is 0 Å². The number of nitrogens with one attached hydrogen (secondary N) is 1. The number of para-hydroxylation sites is 1. The number of methoxy groups -OCH3 is 1. The maximum atomic E-state index is 14.3. The second-order valence-electron chi connectivity index (χ2n) is 10.2. The van der Waals surface area contributed by atoms with Crippen molar-refractivity contribution in [2.75, 3.05) is 26.0 Å². The molecule has 0 saturated heterocycles. The number of hydrogen-bond acceptors (Lipinski definition) is 9. The summed E-state index contributed by atoms with van der Waals surface area (Å²) in [6, 6.07) is 24.0. The summed E-state index contributed by atoms with van der Waals surface area (Å²) in [7, 11) is 1.59. The molecule has 1 unspecified atom stereocenters. The molecule has 0 saturated carbocycles. The first-order valence-electron chi connectivity index (χ1n) is 13.9. The number of aromatic nitrogens is 3. The van der Waals surface area contributed by atoms with Crippen LogP contribution < -0.4 is 29.0 Å². The molecule has 12 nitrogen and oxygen atoms in total. The lowest BCUT2D eigenvalue weighted by molar-refractivity contribution is -0.140. The molecule has 5 aromatic rings. The first kappa shape index (κ1) is 27.1. The maximum absolute atomic E-state index is 14.3. The summed E-state index contributed by atoms with van der Waals surface area (Å²) in [5.41, 5.74) is 3.19. The van der Waals surface area contributed by atoms with Crippen LogP contribution in [0, 0.1) is 0 Å². The van der Waals surface area contributed by atoms with E-state index in [1.807, 2.05) is 48.5 Å². The van der Waals surface area contributed by atoms with Gasteiger partial charge in [-0.15, -0.1) is 5.10 Å². The highest BCUT2D eigenvalue weighted by Gasteiger charge is 2.34. The third kappa shape index (κ3) is 5.28. The Bertz CT molecular complexity index is 1860. The smallest absolute Gasteiger partial charge is 0.251 e. The van der Waals surface area contributed by atoms with E-state index in [-0.39, 0.29) is 32.6 Å². The summed E-state index contributed by atoms with van der Waals surface area (Å²) in [4.78, 5) is 30.1. The van der Waals surface area contributed by atoms with Gasteiger partial charge in [0.05, 0.1) is 12.6 Å². The van der Waals surface area contributed by atoms with Gasteiger partial charge in [0, 0.05) is 18.3 Å². The van der Waals surface area contributed by atoms with Gasteiger partial charge in [-0.1, -0.05) is 35.5 Å². The van der Waals surface area contributed by atoms with Gasteiger partial charge in [0.25, 0.3) is 5.91 Å². The average molecular weight is 594 g/mol. The van der Waals surface area contributed by atoms with Crippen molar-refractivity contribution in [2.24, 2.45) is 0 Å². The van der Waals surface area contributed by atoms with E-state index in [1.54, 1.807) is 43.5 Å². The zero-order chi connectivity index (χ0) is 30.0. The third-order valence-corrected chi connectivity index (χ3v) is 7.45. The van der Waals surface area contributed by atoms with E-state index >= 15 is 0 Å². The van der Waals surface area contributed by atoms with Gasteiger partial charge >= 0.3 is 0 Å². The fourth-order valence-corrected chi connectivity index (χ4v) is 5.25. The zero-order valence-corrected chi connectivity index (χ0v) is 23.6. The first-order chi connectivity index (χ1) is 21.6. The minimum Gasteiger partial charge on any atom is -0.497 e. The van der Waals surface area contributed by atoms with Gasteiger partial charge in [-0.25, -0.2) is 4.68 Å². The van der Waals surface area contributed by atoms with Crippen molar-refractivity contribution < 1.29 is 33.3 Å². The number of nitrogens with zero attached hydrogens (tertiary/aromatic N) is 4. The molecule has 0 spiro atoms. The monoisotopic (exact) mass is 593 g/mol. The Kier molecular flexibility index (Phi) is 7.06. The molecule has 44 heavy (non-hydrogen) atoms. The second kappa shape index (κ2) is 11.5. The lowest BCUT2D eigenvalue weighted by atomic mass is 10.0. The quantitative estimate of drug-likeness (QED) is 0.266. The van der Waals surface area contributed by atoms with Crippen molar-refractivity contribution in [1.82, 2.24) is 19.9 Å². The molecule has 4 aromatic carbocycles. The van der Waals surface area contributed by atoms with Gasteiger partial charge < -0.3 is 33.9 Å². The molecule has 2 amide bonds. The molecule has 2 aliphatic rings. The van der Waals surface area contributed by atoms with Gasteiger partial charge in [-0.05, 0) is 59.7 Å². The standard InChI is InChI=1S/C32H27N5O7/c1-40-23-10-6-20(7-11-23)16-36(30(38)17-37-25-5-3-2-4-24(25)34-35-37)31(21-8-12-26-28(14-21)43-18-41-26)32(39)33-22-9-13-27-29(15-22)44-19-42-27/h2-15,31H,16-19H2,1H3,(H,33,39). The van der Waals surface area contributed by atoms with Crippen molar-refractivity contribution in [3.05, 3.63) is 96.1 Å². The van der Waals surface area contributed by atoms with E-state index in [1.165, 1.54) is 9.58 Å². The van der Waals surface area contributed by atoms with Gasteiger partial charge in [-0.2, -0.15) is 0 Å². The highest BCUT2D eigenvalue weighted by atomic mass is 16.7. The Hall–Kier alpha value is -5.78. The van der Waals surface area contributed by atoms with E-state index in [0.29, 0.717) is 51.0 Å². The molecule has 1 atom stereocenters. The SMILES string of the molecule is COc1ccc(CN(C(=O)Cn2nnc3ccccc32)C(C(=O)Nc2ccc3c(c2)OCO3)c2ccc3c(c2)OCO3)cc1. The molecule has 1 N–H and O–H groups in total. The predicted molar refractivity (Wildman–Crippen MR) is 158 cm³/mol. The van der Waals surface area contributed by atoms with Crippen LogP contribution >= 0.6 is 0 Å². The Morgan fingerprint density at radius 2 is 1.59 bits per heavy atom. The molecule has 3 heterocycles. The molecule has 1 aromatic heterocycles. The Labute approximate surface area is 251 Å². The fraction of sp³-hybridized carbons (Fsp3) is 0.188. The molecule has 7 rings (SSSR count). The molecular formula is C32H27N5O7. The van der Waals surface area contributed by atoms with Crippen molar-refractivity contribution in [3.63, 3.8) is 0 Å². The number of fused-ring (bicyclic) bond motifs is 3. The lowest BCUT2D eigenvalue weighted by Crippen LogP contribution is -2.42. The average Bonchev–Trinajstić information content (AvgIpc) is 3.81. The van der Waals surface area contributed by atoms with Crippen LogP contribution in [0.25, 0.3) is 11.0 Å². The fourth-order valence-electron chi connectivity index (χ4n) is 5.25. The van der Waals surface area contributed by atoms with Gasteiger partial charge in [0.2, 0.25) is 19.5 Å². The maximum Gasteiger partial charge on any atom is 0.251 e. The molecule has 12 heteroatoms. The zero-order valence-electron chi connectivity index (χ0n) is 23.6. The van der Waals surface area contributed by atoms with Crippen LogP contribution in [-0.4, -0.2) is 52.4 Å². The third-order valence-electron chi connectivity index (χ3n) is 7.45. The van der Waals surface area contributed by atoms with Gasteiger partial charge in [0.1, 0.15) is 23.9 Å². The summed E-state index contributed by atoms with van der Waals surface area (Å²) in [6.45, 7) is 0.145. The minimum absolute atomic E-state index is 0.0702. The largest absolute Gasteiger partial charge is 0.497 e. The van der Waals surface area contributed by atoms with Crippen LogP contribution in [0.1, 0.15) is 17.2 Å². The lowest BCUT2D eigenvalue weighted by Gasteiger charge is -2.32. The molecule has 0 bridgehead atoms. The van der Waals surface area contributed by atoms with Crippen molar-refractivity contribution in [2.45, 2.75) is 19.1 Å². The summed E-state index contributed by atoms with van der Waals surface area (Å²) in [6.07, 6.45) is 0. The summed E-state index contributed by atoms with van der Waals surface area (Å²) in [5, 5.41) is 11.4. The predicted octanol–water partition coefficient (Wildman–Crippen LogP) is 4.31. The van der Waals surface area contributed by atoms with Crippen molar-refractivity contribution in [3.8, 4) is 28.7 Å². The highest BCUT2D eigenvalue weighted by molar-refractivity contribution is 5.98.